The van der Waals surface area contributed by atoms with Crippen molar-refractivity contribution >= 4 is 68.7 Å². The highest BCUT2D eigenvalue weighted by atomic mass is 35.5. The molecule has 5 heterocycles. The molecular formula is C74H97ClF3N11O13S. The van der Waals surface area contributed by atoms with E-state index < -0.39 is 52.0 Å². The lowest BCUT2D eigenvalue weighted by atomic mass is 10.0. The third-order valence-electron chi connectivity index (χ3n) is 17.7. The summed E-state index contributed by atoms with van der Waals surface area (Å²) in [5.41, 5.74) is 2.79. The number of carbonyl (C=O) groups is 3. The van der Waals surface area contributed by atoms with Gasteiger partial charge in [0.05, 0.1) is 135 Å². The molecule has 103 heavy (non-hydrogen) atoms. The van der Waals surface area contributed by atoms with E-state index in [1.165, 1.54) is 14.8 Å². The van der Waals surface area contributed by atoms with E-state index in [1.807, 2.05) is 48.5 Å². The number of carbonyl (C=O) groups excluding carboxylic acids is 3. The van der Waals surface area contributed by atoms with Crippen molar-refractivity contribution in [3.63, 3.8) is 0 Å². The number of thioether (sulfide) groups is 1. The lowest BCUT2D eigenvalue weighted by Gasteiger charge is -2.42. The van der Waals surface area contributed by atoms with Gasteiger partial charge in [0, 0.05) is 87.7 Å². The molecule has 560 valence electrons. The number of hydrogen-bond acceptors (Lipinski definition) is 21. The normalized spacial score (nSPS) is 17.7. The van der Waals surface area contributed by atoms with Crippen molar-refractivity contribution in [1.82, 2.24) is 35.0 Å². The zero-order chi connectivity index (χ0) is 73.0. The van der Waals surface area contributed by atoms with Gasteiger partial charge in [-0.1, -0.05) is 84.5 Å². The van der Waals surface area contributed by atoms with Crippen LogP contribution >= 0.6 is 23.4 Å². The van der Waals surface area contributed by atoms with Crippen LogP contribution in [-0.4, -0.2) is 242 Å². The topological polar surface area (TPSA) is 237 Å². The van der Waals surface area contributed by atoms with E-state index >= 15 is 4.39 Å². The summed E-state index contributed by atoms with van der Waals surface area (Å²) in [5, 5.41) is 21.3. The van der Waals surface area contributed by atoms with E-state index in [0.717, 1.165) is 90.0 Å². The fourth-order valence-electron chi connectivity index (χ4n) is 12.6. The maximum Gasteiger partial charge on any atom is 0.407 e. The molecule has 4 aliphatic heterocycles. The van der Waals surface area contributed by atoms with Crippen LogP contribution in [0, 0.1) is 23.0 Å². The number of likely N-dealkylation sites (N-methyl/N-ethyl adjacent to an activating group) is 1. The van der Waals surface area contributed by atoms with Gasteiger partial charge < -0.3 is 72.3 Å². The third-order valence-corrected chi connectivity index (χ3v) is 19.4. The molecule has 0 saturated carbocycles. The Kier molecular flexibility index (Phi) is 31.5. The number of fused-ring (bicyclic) bond motifs is 2. The van der Waals surface area contributed by atoms with Crippen molar-refractivity contribution in [1.29, 1.82) is 5.26 Å². The number of nitrogens with zero attached hydrogens (tertiary/aromatic N) is 10. The Morgan fingerprint density at radius 1 is 0.767 bits per heavy atom. The van der Waals surface area contributed by atoms with Crippen molar-refractivity contribution in [3.8, 4) is 12.1 Å². The fourth-order valence-corrected chi connectivity index (χ4v) is 14.3. The molecule has 0 unspecified atom stereocenters. The lowest BCUT2D eigenvalue weighted by Crippen LogP contribution is -2.55. The van der Waals surface area contributed by atoms with Crippen LogP contribution < -0.4 is 19.9 Å². The minimum Gasteiger partial charge on any atom is -0.462 e. The minimum absolute atomic E-state index is 0.0333. The number of urea groups is 1. The first-order chi connectivity index (χ1) is 49.9. The fraction of sp³-hybridized carbons (Fsp3) is 0.554. The first kappa shape index (κ1) is 79.7. The predicted molar refractivity (Wildman–Crippen MR) is 387 cm³/mol. The number of aromatic nitrogens is 2. The Bertz CT molecular complexity index is 3640. The molecule has 0 spiro atoms. The highest BCUT2D eigenvalue weighted by Crippen LogP contribution is 2.51. The molecule has 4 aromatic carbocycles. The SMILES string of the molecule is C=C(F)C(=O)N1CCN(c2nc(OC[C@@H]3CCCN3CCCOCCOCCOCCOCCOCCOCCOCCOCCN(C)C(=O)N3N=C(c4cc(F)ccc4F)S[C@@]3(CCCNC(=O)OC(C)(C)C)c3ccccc3)nc3c2CCN(c2cccc4cccc(Cl)c24)C3)C[C@@H]1CC#N. The van der Waals surface area contributed by atoms with Gasteiger partial charge in [-0.3, -0.25) is 9.69 Å². The number of likely N-dealkylation sites (tertiary alicyclic amines) is 1. The number of nitrogens with one attached hydrogen (secondary N) is 1. The van der Waals surface area contributed by atoms with Crippen LogP contribution in [0.4, 0.5) is 34.3 Å². The van der Waals surface area contributed by atoms with Gasteiger partial charge in [0.15, 0.2) is 5.83 Å². The molecule has 29 heteroatoms. The van der Waals surface area contributed by atoms with Crippen LogP contribution in [0.2, 0.25) is 5.02 Å². The maximum atomic E-state index is 15.2. The van der Waals surface area contributed by atoms with Crippen LogP contribution in [-0.2, 0) is 65.3 Å². The van der Waals surface area contributed by atoms with Gasteiger partial charge in [-0.2, -0.15) is 25.3 Å². The van der Waals surface area contributed by atoms with Crippen LogP contribution in [0.25, 0.3) is 10.8 Å². The van der Waals surface area contributed by atoms with E-state index in [2.05, 4.69) is 56.0 Å². The second-order valence-corrected chi connectivity index (χ2v) is 27.8. The average Bonchev–Trinajstić information content (AvgIpc) is 1.67. The molecule has 0 radical (unpaired) electrons. The molecule has 1 aromatic heterocycles. The summed E-state index contributed by atoms with van der Waals surface area (Å²) in [7, 11) is 1.62. The van der Waals surface area contributed by atoms with E-state index in [-0.39, 0.29) is 61.9 Å². The van der Waals surface area contributed by atoms with Gasteiger partial charge >= 0.3 is 18.1 Å². The number of halogens is 4. The molecule has 2 saturated heterocycles. The third kappa shape index (κ3) is 23.5. The van der Waals surface area contributed by atoms with E-state index in [9.17, 15) is 28.4 Å². The Morgan fingerprint density at radius 3 is 2.05 bits per heavy atom. The van der Waals surface area contributed by atoms with E-state index in [4.69, 9.17) is 68.9 Å². The summed E-state index contributed by atoms with van der Waals surface area (Å²) in [4.78, 5) is 58.1. The zero-order valence-corrected chi connectivity index (χ0v) is 61.1. The number of anilines is 2. The van der Waals surface area contributed by atoms with Crippen LogP contribution in [0.3, 0.4) is 0 Å². The van der Waals surface area contributed by atoms with Gasteiger partial charge in [0.2, 0.25) is 0 Å². The Morgan fingerprint density at radius 2 is 1.41 bits per heavy atom. The summed E-state index contributed by atoms with van der Waals surface area (Å²) in [6, 6.07) is 26.0. The van der Waals surface area contributed by atoms with Crippen molar-refractivity contribution in [3.05, 3.63) is 136 Å². The predicted octanol–water partition coefficient (Wildman–Crippen LogP) is 10.5. The summed E-state index contributed by atoms with van der Waals surface area (Å²) in [5.74, 6) is -2.46. The molecule has 1 N–H and O–H groups in total. The largest absolute Gasteiger partial charge is 0.462 e. The summed E-state index contributed by atoms with van der Waals surface area (Å²) >= 11 is 7.95. The molecule has 24 nitrogen and oxygen atoms in total. The summed E-state index contributed by atoms with van der Waals surface area (Å²) in [6.07, 6.45) is 3.65. The molecule has 9 rings (SSSR count). The zero-order valence-electron chi connectivity index (χ0n) is 59.5. The number of hydrazone groups is 1. The van der Waals surface area contributed by atoms with Crippen molar-refractivity contribution < 1.29 is 74.9 Å². The maximum absolute atomic E-state index is 15.2. The number of amides is 4. The monoisotopic (exact) mass is 1470 g/mol. The minimum atomic E-state index is -1.17. The van der Waals surface area contributed by atoms with Gasteiger partial charge in [-0.25, -0.2) is 22.8 Å². The van der Waals surface area contributed by atoms with Crippen molar-refractivity contribution in [2.24, 2.45) is 5.10 Å². The number of rotatable bonds is 41. The standard InChI is InChI=1S/C74H97ClF3N11O13S/c1-54(76)69(90)88-32-31-87(51-58(88)23-26-79)67-60-24-30-86(65-20-10-15-55-14-9-19-62(75)66(55)65)52-64(60)81-70(82-67)101-53-59-18-11-28-85(59)29-13-34-93-36-38-95-40-42-97-44-46-99-48-49-100-47-45-98-43-41-96-39-37-94-35-33-84(5)72(92)89-74(56-16-7-6-8-17-56,25-12-27-80-71(91)102-73(2,3)4)103-68(83-89)61-50-57(77)21-22-63(61)78/h6-10,14-17,19-22,50,58-59H,1,11-13,18,23-25,27-49,51-53H2,2-5H3,(H,80,91)/t58-,59-,74-/m0/s1. The second-order valence-electron chi connectivity index (χ2n) is 26.1. The van der Waals surface area contributed by atoms with Crippen molar-refractivity contribution in [2.75, 3.05) is 182 Å². The first-order valence-corrected chi connectivity index (χ1v) is 36.5. The molecule has 4 amide bonds. The number of ether oxygens (including phenoxy) is 10. The first-order valence-electron chi connectivity index (χ1n) is 35.3. The quantitative estimate of drug-likeness (QED) is 0.0283. The number of benzene rings is 4. The van der Waals surface area contributed by atoms with Crippen molar-refractivity contribution in [2.45, 2.75) is 94.8 Å². The van der Waals surface area contributed by atoms with Crippen LogP contribution in [0.5, 0.6) is 6.01 Å². The molecule has 2 fully saturated rings. The molecular weight excluding hydrogens is 1380 g/mol. The number of piperazine rings is 1. The highest BCUT2D eigenvalue weighted by molar-refractivity contribution is 8.15. The number of alkyl carbamates (subject to hydrolysis) is 1. The highest BCUT2D eigenvalue weighted by Gasteiger charge is 2.50. The van der Waals surface area contributed by atoms with Crippen LogP contribution in [0.15, 0.2) is 102 Å². The molecule has 3 atom stereocenters. The van der Waals surface area contributed by atoms with Gasteiger partial charge in [0.25, 0.3) is 5.91 Å². The van der Waals surface area contributed by atoms with Gasteiger partial charge in [-0.05, 0) is 107 Å². The smallest absolute Gasteiger partial charge is 0.407 e. The lowest BCUT2D eigenvalue weighted by molar-refractivity contribution is -0.131. The number of nitriles is 1. The molecule has 4 aliphatic rings. The summed E-state index contributed by atoms with van der Waals surface area (Å²) in [6.45, 7) is 19.6. The van der Waals surface area contributed by atoms with Crippen LogP contribution in [0.1, 0.15) is 81.7 Å². The molecule has 5 aromatic rings. The van der Waals surface area contributed by atoms with E-state index in [0.29, 0.717) is 161 Å². The Balaban J connectivity index is 0.579. The molecule has 0 bridgehead atoms. The Labute approximate surface area is 610 Å². The second kappa shape index (κ2) is 40.8. The van der Waals surface area contributed by atoms with E-state index in [1.54, 1.807) is 27.8 Å². The summed E-state index contributed by atoms with van der Waals surface area (Å²) < 4.78 is 101. The van der Waals surface area contributed by atoms with Gasteiger partial charge in [-0.15, -0.1) is 0 Å². The molecule has 0 aliphatic carbocycles. The van der Waals surface area contributed by atoms with Gasteiger partial charge in [0.1, 0.15) is 39.6 Å². The number of hydrogen-bond donors (Lipinski definition) is 1. The average molecular weight is 1470 g/mol. The Hall–Kier alpha value is -7.40.